The van der Waals surface area contributed by atoms with E-state index in [1.807, 2.05) is 0 Å². The molecule has 0 aliphatic rings. The minimum absolute atomic E-state index is 0.000671. The summed E-state index contributed by atoms with van der Waals surface area (Å²) in [5.74, 6) is -2.98. The van der Waals surface area contributed by atoms with Crippen LogP contribution in [0.5, 0.6) is 0 Å². The third-order valence-corrected chi connectivity index (χ3v) is 1.80. The molecule has 0 aromatic rings. The fourth-order valence-electron chi connectivity index (χ4n) is 0.915. The highest BCUT2D eigenvalue weighted by Crippen LogP contribution is 2.19. The van der Waals surface area contributed by atoms with E-state index in [1.165, 1.54) is 0 Å². The van der Waals surface area contributed by atoms with Crippen LogP contribution in [0.1, 0.15) is 25.7 Å². The lowest BCUT2D eigenvalue weighted by Crippen LogP contribution is -2.30. The van der Waals surface area contributed by atoms with E-state index in [2.05, 4.69) is 0 Å². The Bertz CT molecular complexity index is 240. The fourth-order valence-corrected chi connectivity index (χ4v) is 0.915. The van der Waals surface area contributed by atoms with Crippen LogP contribution in [0, 0.1) is 0 Å². The summed E-state index contributed by atoms with van der Waals surface area (Å²) in [4.78, 5) is 20.6. The van der Waals surface area contributed by atoms with Gasteiger partial charge in [-0.2, -0.15) is 13.2 Å². The number of Topliss-reactive ketones (excluding diaryl/α,β-unsaturated/α-hetero) is 1. The molecule has 0 spiro atoms. The first-order valence-electron chi connectivity index (χ1n) is 4.33. The maximum atomic E-state index is 11.7. The van der Waals surface area contributed by atoms with Crippen LogP contribution >= 0.6 is 0 Å². The summed E-state index contributed by atoms with van der Waals surface area (Å²) >= 11 is 0. The maximum Gasteiger partial charge on any atom is 0.449 e. The quantitative estimate of drug-likeness (QED) is 0.665. The van der Waals surface area contributed by atoms with Crippen LogP contribution in [0.2, 0.25) is 0 Å². The van der Waals surface area contributed by atoms with Crippen molar-refractivity contribution in [1.29, 1.82) is 0 Å². The second-order valence-electron chi connectivity index (χ2n) is 3.11. The van der Waals surface area contributed by atoms with Gasteiger partial charge in [-0.05, 0) is 12.8 Å². The minimum atomic E-state index is -4.80. The van der Waals surface area contributed by atoms with Crippen LogP contribution in [0.15, 0.2) is 0 Å². The molecule has 4 nitrogen and oxygen atoms in total. The minimum Gasteiger partial charge on any atom is -0.480 e. The first-order chi connectivity index (χ1) is 6.75. The molecule has 88 valence electrons. The number of alkyl halides is 3. The number of carboxylic acids is 1. The van der Waals surface area contributed by atoms with Gasteiger partial charge in [0.05, 0.1) is 0 Å². The molecule has 0 aromatic carbocycles. The van der Waals surface area contributed by atoms with Gasteiger partial charge < -0.3 is 10.8 Å². The normalized spacial score (nSPS) is 13.6. The molecule has 0 fully saturated rings. The van der Waals surface area contributed by atoms with E-state index < -0.39 is 30.4 Å². The highest BCUT2D eigenvalue weighted by Gasteiger charge is 2.37. The monoisotopic (exact) mass is 227 g/mol. The van der Waals surface area contributed by atoms with Crippen molar-refractivity contribution in [2.45, 2.75) is 37.9 Å². The number of hydrogen-bond donors (Lipinski definition) is 2. The summed E-state index contributed by atoms with van der Waals surface area (Å²) in [7, 11) is 0. The predicted molar refractivity (Wildman–Crippen MR) is 45.1 cm³/mol. The lowest BCUT2D eigenvalue weighted by molar-refractivity contribution is -0.171. The molecule has 0 amide bonds. The van der Waals surface area contributed by atoms with E-state index in [-0.39, 0.29) is 19.3 Å². The molecule has 15 heavy (non-hydrogen) atoms. The third kappa shape index (κ3) is 6.05. The Labute approximate surface area is 84.2 Å². The molecule has 3 N–H and O–H groups in total. The SMILES string of the molecule is N[C@@H](CCCCC(=O)C(F)(F)F)C(=O)O. The van der Waals surface area contributed by atoms with Crippen molar-refractivity contribution in [3.8, 4) is 0 Å². The number of aliphatic carboxylic acids is 1. The first-order valence-corrected chi connectivity index (χ1v) is 4.33. The number of carbonyl (C=O) groups is 2. The lowest BCUT2D eigenvalue weighted by atomic mass is 10.1. The summed E-state index contributed by atoms with van der Waals surface area (Å²) in [6, 6.07) is -1.08. The Hall–Kier alpha value is -1.11. The number of halogens is 3. The van der Waals surface area contributed by atoms with Crippen LogP contribution < -0.4 is 5.73 Å². The molecule has 0 aromatic heterocycles. The van der Waals surface area contributed by atoms with Crippen LogP contribution in [-0.2, 0) is 9.59 Å². The summed E-state index contributed by atoms with van der Waals surface area (Å²) < 4.78 is 35.1. The van der Waals surface area contributed by atoms with E-state index in [1.54, 1.807) is 0 Å². The smallest absolute Gasteiger partial charge is 0.449 e. The number of carbonyl (C=O) groups excluding carboxylic acids is 1. The van der Waals surface area contributed by atoms with Crippen LogP contribution in [0.25, 0.3) is 0 Å². The molecular weight excluding hydrogens is 215 g/mol. The van der Waals surface area contributed by atoms with Gasteiger partial charge in [-0.15, -0.1) is 0 Å². The highest BCUT2D eigenvalue weighted by molar-refractivity contribution is 5.83. The van der Waals surface area contributed by atoms with Gasteiger partial charge in [-0.25, -0.2) is 0 Å². The zero-order chi connectivity index (χ0) is 12.1. The molecule has 0 saturated heterocycles. The van der Waals surface area contributed by atoms with Crippen molar-refractivity contribution in [3.63, 3.8) is 0 Å². The van der Waals surface area contributed by atoms with E-state index in [0.717, 1.165) is 0 Å². The summed E-state index contributed by atoms with van der Waals surface area (Å²) in [5, 5.41) is 8.35. The highest BCUT2D eigenvalue weighted by atomic mass is 19.4. The predicted octanol–water partition coefficient (Wildman–Crippen LogP) is 1.09. The fraction of sp³-hybridized carbons (Fsp3) is 0.750. The van der Waals surface area contributed by atoms with Crippen LogP contribution in [0.3, 0.4) is 0 Å². The zero-order valence-corrected chi connectivity index (χ0v) is 7.88. The average Bonchev–Trinajstić information content (AvgIpc) is 2.09. The van der Waals surface area contributed by atoms with Gasteiger partial charge in [0.15, 0.2) is 0 Å². The van der Waals surface area contributed by atoms with E-state index in [0.29, 0.717) is 0 Å². The van der Waals surface area contributed by atoms with E-state index >= 15 is 0 Å². The van der Waals surface area contributed by atoms with E-state index in [4.69, 9.17) is 10.8 Å². The number of hydrogen-bond acceptors (Lipinski definition) is 3. The van der Waals surface area contributed by atoms with Gasteiger partial charge in [-0.3, -0.25) is 9.59 Å². The molecule has 0 aliphatic heterocycles. The zero-order valence-electron chi connectivity index (χ0n) is 7.88. The number of rotatable bonds is 6. The Morgan fingerprint density at radius 1 is 1.27 bits per heavy atom. The molecule has 7 heteroatoms. The molecule has 0 unspecified atom stereocenters. The maximum absolute atomic E-state index is 11.7. The van der Waals surface area contributed by atoms with Crippen LogP contribution in [-0.4, -0.2) is 29.1 Å². The number of carboxylic acid groups (broad SMARTS) is 1. The Morgan fingerprint density at radius 3 is 2.20 bits per heavy atom. The number of unbranched alkanes of at least 4 members (excludes halogenated alkanes) is 1. The summed E-state index contributed by atoms with van der Waals surface area (Å²) in [5.41, 5.74) is 5.11. The van der Waals surface area contributed by atoms with E-state index in [9.17, 15) is 22.8 Å². The largest absolute Gasteiger partial charge is 0.480 e. The van der Waals surface area contributed by atoms with Crippen LogP contribution in [0.4, 0.5) is 13.2 Å². The molecule has 0 aliphatic carbocycles. The first kappa shape index (κ1) is 13.9. The Morgan fingerprint density at radius 2 is 1.80 bits per heavy atom. The number of ketones is 1. The standard InChI is InChI=1S/C8H12F3NO3/c9-8(10,11)6(13)4-2-1-3-5(12)7(14)15/h5H,1-4,12H2,(H,14,15)/t5-/m0/s1. The molecular formula is C8H12F3NO3. The van der Waals surface area contributed by atoms with Gasteiger partial charge in [-0.1, -0.05) is 6.42 Å². The Kier molecular flexibility index (Phi) is 5.27. The van der Waals surface area contributed by atoms with Crippen molar-refractivity contribution in [2.75, 3.05) is 0 Å². The molecule has 0 heterocycles. The second kappa shape index (κ2) is 5.69. The van der Waals surface area contributed by atoms with Crippen molar-refractivity contribution in [1.82, 2.24) is 0 Å². The van der Waals surface area contributed by atoms with Gasteiger partial charge in [0, 0.05) is 6.42 Å². The second-order valence-corrected chi connectivity index (χ2v) is 3.11. The topological polar surface area (TPSA) is 80.4 Å². The molecule has 0 saturated carbocycles. The van der Waals surface area contributed by atoms with Gasteiger partial charge in [0.1, 0.15) is 6.04 Å². The van der Waals surface area contributed by atoms with Crippen molar-refractivity contribution in [2.24, 2.45) is 5.73 Å². The summed E-state index contributed by atoms with van der Waals surface area (Å²) in [6.07, 6.45) is -5.15. The number of nitrogens with two attached hydrogens (primary N) is 1. The van der Waals surface area contributed by atoms with Gasteiger partial charge in [0.25, 0.3) is 0 Å². The molecule has 1 atom stereocenters. The Balaban J connectivity index is 3.64. The van der Waals surface area contributed by atoms with Gasteiger partial charge in [0.2, 0.25) is 5.78 Å². The van der Waals surface area contributed by atoms with Gasteiger partial charge >= 0.3 is 12.1 Å². The lowest BCUT2D eigenvalue weighted by Gasteiger charge is -2.06. The van der Waals surface area contributed by atoms with Crippen molar-refractivity contribution >= 4 is 11.8 Å². The van der Waals surface area contributed by atoms with Crippen molar-refractivity contribution < 1.29 is 27.9 Å². The molecule has 0 bridgehead atoms. The third-order valence-electron chi connectivity index (χ3n) is 1.80. The molecule has 0 radical (unpaired) electrons. The summed E-state index contributed by atoms with van der Waals surface area (Å²) in [6.45, 7) is 0. The average molecular weight is 227 g/mol. The molecule has 0 rings (SSSR count). The van der Waals surface area contributed by atoms with Crippen molar-refractivity contribution in [3.05, 3.63) is 0 Å².